The number of carbonyl (C=O) groups is 4. The Morgan fingerprint density at radius 2 is 2.03 bits per heavy atom. The number of benzene rings is 1. The van der Waals surface area contributed by atoms with Crippen LogP contribution in [0.1, 0.15) is 35.7 Å². The first-order valence-corrected chi connectivity index (χ1v) is 10.6. The molecule has 0 radical (unpaired) electrons. The number of hydrogen-bond acceptors (Lipinski definition) is 6. The maximum atomic E-state index is 13.0. The smallest absolute Gasteiger partial charge is 0.416 e. The maximum Gasteiger partial charge on any atom is 0.416 e. The zero-order valence-corrected chi connectivity index (χ0v) is 18.3. The van der Waals surface area contributed by atoms with Crippen molar-refractivity contribution in [3.05, 3.63) is 47.5 Å². The number of alkyl halides is 3. The number of halogens is 3. The van der Waals surface area contributed by atoms with E-state index in [1.807, 2.05) is 0 Å². The van der Waals surface area contributed by atoms with Gasteiger partial charge in [-0.2, -0.15) is 13.2 Å². The van der Waals surface area contributed by atoms with Crippen LogP contribution < -0.4 is 5.32 Å². The normalized spacial score (nSPS) is 20.6. The van der Waals surface area contributed by atoms with Gasteiger partial charge in [0, 0.05) is 12.1 Å². The molecule has 1 saturated heterocycles. The Hall–Kier alpha value is -3.41. The van der Waals surface area contributed by atoms with Crippen molar-refractivity contribution in [2.75, 3.05) is 26.3 Å². The Labute approximate surface area is 193 Å². The monoisotopic (exact) mass is 483 g/mol. The van der Waals surface area contributed by atoms with Crippen LogP contribution in [0.15, 0.2) is 36.4 Å². The standard InChI is InChI=1S/C22H24F3N3O6/c1-2-34-28(16-11-19(30)33-13-16)18(29)12-27-9-4-3-8-17(21(27)32)26-20(31)14-6-5-7-15(10-14)22(23,24)25/h3-7,10,16-17H,2,8-9,11-13H2,1H3,(H,26,31). The molecule has 184 valence electrons. The summed E-state index contributed by atoms with van der Waals surface area (Å²) in [5.41, 5.74) is -1.23. The minimum Gasteiger partial charge on any atom is -0.463 e. The molecule has 3 amide bonds. The van der Waals surface area contributed by atoms with Crippen LogP contribution in [0.5, 0.6) is 0 Å². The van der Waals surface area contributed by atoms with Crippen LogP contribution in [0.3, 0.4) is 0 Å². The summed E-state index contributed by atoms with van der Waals surface area (Å²) in [6.07, 6.45) is -1.25. The molecule has 1 fully saturated rings. The lowest BCUT2D eigenvalue weighted by Gasteiger charge is -2.29. The maximum absolute atomic E-state index is 13.0. The van der Waals surface area contributed by atoms with Gasteiger partial charge in [-0.3, -0.25) is 24.0 Å². The predicted molar refractivity (Wildman–Crippen MR) is 111 cm³/mol. The zero-order chi connectivity index (χ0) is 24.9. The third-order valence-corrected chi connectivity index (χ3v) is 5.24. The minimum atomic E-state index is -4.62. The Morgan fingerprint density at radius 1 is 1.26 bits per heavy atom. The van der Waals surface area contributed by atoms with Crippen LogP contribution in [0, 0.1) is 0 Å². The lowest BCUT2D eigenvalue weighted by atomic mass is 10.1. The second kappa shape index (κ2) is 10.7. The molecule has 0 aliphatic carbocycles. The molecule has 0 saturated carbocycles. The number of esters is 1. The summed E-state index contributed by atoms with van der Waals surface area (Å²) < 4.78 is 43.8. The Balaban J connectivity index is 1.69. The van der Waals surface area contributed by atoms with Crippen molar-refractivity contribution in [2.45, 2.75) is 38.0 Å². The van der Waals surface area contributed by atoms with Crippen LogP contribution >= 0.6 is 0 Å². The number of rotatable bonds is 7. The highest BCUT2D eigenvalue weighted by molar-refractivity contribution is 5.98. The van der Waals surface area contributed by atoms with Crippen LogP contribution in [0.4, 0.5) is 13.2 Å². The summed E-state index contributed by atoms with van der Waals surface area (Å²) >= 11 is 0. The summed E-state index contributed by atoms with van der Waals surface area (Å²) in [7, 11) is 0. The number of nitrogens with zero attached hydrogens (tertiary/aromatic N) is 2. The number of hydroxylamine groups is 2. The second-order valence-electron chi connectivity index (χ2n) is 7.71. The first-order chi connectivity index (χ1) is 16.1. The van der Waals surface area contributed by atoms with E-state index in [2.05, 4.69) is 5.32 Å². The molecule has 0 aromatic heterocycles. The summed E-state index contributed by atoms with van der Waals surface area (Å²) in [4.78, 5) is 56.4. The van der Waals surface area contributed by atoms with Crippen LogP contribution in [-0.2, 0) is 30.1 Å². The molecule has 1 aromatic rings. The molecule has 0 spiro atoms. The Morgan fingerprint density at radius 3 is 2.68 bits per heavy atom. The molecular formula is C22H24F3N3O6. The van der Waals surface area contributed by atoms with E-state index in [1.165, 1.54) is 11.0 Å². The van der Waals surface area contributed by atoms with Gasteiger partial charge in [0.15, 0.2) is 0 Å². The molecule has 2 heterocycles. The lowest BCUT2D eigenvalue weighted by Crippen LogP contribution is -2.52. The van der Waals surface area contributed by atoms with Gasteiger partial charge in [0.1, 0.15) is 25.2 Å². The average Bonchev–Trinajstić information content (AvgIpc) is 3.15. The topological polar surface area (TPSA) is 105 Å². The quantitative estimate of drug-likeness (QED) is 0.360. The minimum absolute atomic E-state index is 0.0197. The highest BCUT2D eigenvalue weighted by atomic mass is 19.4. The van der Waals surface area contributed by atoms with E-state index < -0.39 is 47.5 Å². The molecule has 2 atom stereocenters. The highest BCUT2D eigenvalue weighted by Gasteiger charge is 2.36. The summed E-state index contributed by atoms with van der Waals surface area (Å²) in [5.74, 6) is -2.46. The van der Waals surface area contributed by atoms with Gasteiger partial charge >= 0.3 is 12.1 Å². The first-order valence-electron chi connectivity index (χ1n) is 10.6. The largest absolute Gasteiger partial charge is 0.463 e. The number of carbonyl (C=O) groups excluding carboxylic acids is 4. The van der Waals surface area contributed by atoms with Crippen molar-refractivity contribution in [1.29, 1.82) is 0 Å². The Kier molecular flexibility index (Phi) is 7.92. The van der Waals surface area contributed by atoms with Crippen molar-refractivity contribution in [3.8, 4) is 0 Å². The molecule has 34 heavy (non-hydrogen) atoms. The van der Waals surface area contributed by atoms with E-state index in [0.29, 0.717) is 6.07 Å². The van der Waals surface area contributed by atoms with Gasteiger partial charge in [-0.15, -0.1) is 0 Å². The van der Waals surface area contributed by atoms with Crippen molar-refractivity contribution >= 4 is 23.7 Å². The third-order valence-electron chi connectivity index (χ3n) is 5.24. The van der Waals surface area contributed by atoms with Gasteiger partial charge in [0.25, 0.3) is 11.8 Å². The predicted octanol–water partition coefficient (Wildman–Crippen LogP) is 1.69. The van der Waals surface area contributed by atoms with Gasteiger partial charge in [0.2, 0.25) is 5.91 Å². The molecule has 0 bridgehead atoms. The van der Waals surface area contributed by atoms with Crippen molar-refractivity contribution in [3.63, 3.8) is 0 Å². The van der Waals surface area contributed by atoms with Gasteiger partial charge in [-0.25, -0.2) is 5.06 Å². The van der Waals surface area contributed by atoms with Gasteiger partial charge in [-0.1, -0.05) is 18.2 Å². The third kappa shape index (κ3) is 6.13. The number of hydrogen-bond donors (Lipinski definition) is 1. The number of ether oxygens (including phenoxy) is 1. The van der Waals surface area contributed by atoms with Gasteiger partial charge < -0.3 is 15.0 Å². The Bertz CT molecular complexity index is 981. The van der Waals surface area contributed by atoms with Crippen LogP contribution in [0.2, 0.25) is 0 Å². The van der Waals surface area contributed by atoms with E-state index in [-0.39, 0.29) is 44.7 Å². The molecule has 9 nitrogen and oxygen atoms in total. The number of nitrogens with one attached hydrogen (secondary N) is 1. The molecule has 2 aliphatic heterocycles. The van der Waals surface area contributed by atoms with E-state index in [9.17, 15) is 32.3 Å². The SMILES string of the molecule is CCON(C(=O)CN1CC=CCC(NC(=O)c2cccc(C(F)(F)F)c2)C1=O)C1COC(=O)C1. The summed E-state index contributed by atoms with van der Waals surface area (Å²) in [5, 5.41) is 3.48. The molecule has 12 heteroatoms. The molecule has 2 unspecified atom stereocenters. The highest BCUT2D eigenvalue weighted by Crippen LogP contribution is 2.29. The summed E-state index contributed by atoms with van der Waals surface area (Å²) in [6.45, 7) is 1.50. The van der Waals surface area contributed by atoms with Crippen LogP contribution in [0.25, 0.3) is 0 Å². The molecule has 2 aliphatic rings. The second-order valence-corrected chi connectivity index (χ2v) is 7.71. The average molecular weight is 483 g/mol. The first kappa shape index (κ1) is 25.2. The van der Waals surface area contributed by atoms with E-state index in [0.717, 1.165) is 17.2 Å². The summed E-state index contributed by atoms with van der Waals surface area (Å²) in [6, 6.07) is 2.18. The number of cyclic esters (lactones) is 1. The van der Waals surface area contributed by atoms with Crippen molar-refractivity contribution in [2.24, 2.45) is 0 Å². The molecule has 1 N–H and O–H groups in total. The van der Waals surface area contributed by atoms with E-state index >= 15 is 0 Å². The fourth-order valence-corrected chi connectivity index (χ4v) is 3.59. The fraction of sp³-hybridized carbons (Fsp3) is 0.455. The lowest BCUT2D eigenvalue weighted by molar-refractivity contribution is -0.199. The zero-order valence-electron chi connectivity index (χ0n) is 18.3. The van der Waals surface area contributed by atoms with Crippen LogP contribution in [-0.4, -0.2) is 72.0 Å². The van der Waals surface area contributed by atoms with Gasteiger partial charge in [0.05, 0.1) is 18.6 Å². The molecule has 1 aromatic carbocycles. The van der Waals surface area contributed by atoms with E-state index in [1.54, 1.807) is 19.1 Å². The van der Waals surface area contributed by atoms with Crippen molar-refractivity contribution < 1.29 is 41.9 Å². The molecule has 3 rings (SSSR count). The number of amides is 3. The van der Waals surface area contributed by atoms with Crippen molar-refractivity contribution in [1.82, 2.24) is 15.3 Å². The fourth-order valence-electron chi connectivity index (χ4n) is 3.59. The van der Waals surface area contributed by atoms with E-state index in [4.69, 9.17) is 9.57 Å². The van der Waals surface area contributed by atoms with Gasteiger partial charge in [-0.05, 0) is 31.5 Å². The molecular weight excluding hydrogens is 459 g/mol.